The fourth-order valence-corrected chi connectivity index (χ4v) is 2.84. The van der Waals surface area contributed by atoms with Gasteiger partial charge in [0.2, 0.25) is 5.91 Å². The van der Waals surface area contributed by atoms with E-state index in [-0.39, 0.29) is 11.9 Å². The van der Waals surface area contributed by atoms with Crippen molar-refractivity contribution in [2.75, 3.05) is 43.1 Å². The fourth-order valence-electron chi connectivity index (χ4n) is 2.84. The Hall–Kier alpha value is -1.79. The molecule has 6 heteroatoms. The monoisotopic (exact) mass is 289 g/mol. The van der Waals surface area contributed by atoms with E-state index >= 15 is 0 Å². The van der Waals surface area contributed by atoms with E-state index in [1.807, 2.05) is 18.2 Å². The molecule has 0 radical (unpaired) electrons. The number of ether oxygens (including phenoxy) is 2. The number of hydrogen-bond donors (Lipinski definition) is 2. The number of carbonyl (C=O) groups excluding carboxylic acids is 1. The second kappa shape index (κ2) is 5.20. The van der Waals surface area contributed by atoms with Gasteiger partial charge in [-0.2, -0.15) is 0 Å². The average molecular weight is 289 g/mol. The summed E-state index contributed by atoms with van der Waals surface area (Å²) < 4.78 is 11.0. The van der Waals surface area contributed by atoms with Crippen LogP contribution in [-0.2, 0) is 9.53 Å². The summed E-state index contributed by atoms with van der Waals surface area (Å²) in [6, 6.07) is 6.28. The first kappa shape index (κ1) is 12.9. The van der Waals surface area contributed by atoms with E-state index in [0.717, 1.165) is 49.8 Å². The molecule has 4 rings (SSSR count). The Balaban J connectivity index is 1.51. The Morgan fingerprint density at radius 2 is 2.24 bits per heavy atom. The van der Waals surface area contributed by atoms with E-state index in [4.69, 9.17) is 9.47 Å². The maximum absolute atomic E-state index is 11.9. The standard InChI is InChI=1S/C15H19N3O3/c19-15(12-3-4-16-12)17-10-1-2-13-14(7-10)21-6-5-18(13)11-8-20-9-11/h1-2,7,11-12,16H,3-6,8-9H2,(H,17,19)/t12-/m0/s1. The first-order valence-electron chi connectivity index (χ1n) is 7.47. The quantitative estimate of drug-likeness (QED) is 0.852. The molecule has 1 aromatic rings. The van der Waals surface area contributed by atoms with Crippen LogP contribution >= 0.6 is 0 Å². The summed E-state index contributed by atoms with van der Waals surface area (Å²) in [5.74, 6) is 0.869. The minimum absolute atomic E-state index is 0.0289. The number of hydrogen-bond acceptors (Lipinski definition) is 5. The highest BCUT2D eigenvalue weighted by Crippen LogP contribution is 2.36. The van der Waals surface area contributed by atoms with Gasteiger partial charge in [0.25, 0.3) is 0 Å². The fraction of sp³-hybridized carbons (Fsp3) is 0.533. The predicted molar refractivity (Wildman–Crippen MR) is 78.9 cm³/mol. The average Bonchev–Trinajstić information content (AvgIpc) is 2.34. The smallest absolute Gasteiger partial charge is 0.241 e. The van der Waals surface area contributed by atoms with Crippen LogP contribution in [0.15, 0.2) is 18.2 Å². The molecule has 2 saturated heterocycles. The number of amides is 1. The molecule has 0 aromatic heterocycles. The van der Waals surface area contributed by atoms with E-state index in [1.54, 1.807) is 0 Å². The van der Waals surface area contributed by atoms with Crippen LogP contribution in [0.2, 0.25) is 0 Å². The van der Waals surface area contributed by atoms with Crippen LogP contribution in [0.3, 0.4) is 0 Å². The van der Waals surface area contributed by atoms with Crippen molar-refractivity contribution in [3.63, 3.8) is 0 Å². The molecular weight excluding hydrogens is 270 g/mol. The lowest BCUT2D eigenvalue weighted by atomic mass is 10.1. The molecule has 0 unspecified atom stereocenters. The highest BCUT2D eigenvalue weighted by molar-refractivity contribution is 5.95. The molecule has 0 saturated carbocycles. The number of benzene rings is 1. The second-order valence-electron chi connectivity index (χ2n) is 5.70. The van der Waals surface area contributed by atoms with Gasteiger partial charge in [-0.1, -0.05) is 0 Å². The molecule has 2 N–H and O–H groups in total. The van der Waals surface area contributed by atoms with Crippen LogP contribution < -0.4 is 20.3 Å². The van der Waals surface area contributed by atoms with Gasteiger partial charge in [0.05, 0.1) is 37.5 Å². The normalized spacial score (nSPS) is 24.4. The maximum Gasteiger partial charge on any atom is 0.241 e. The van der Waals surface area contributed by atoms with Crippen molar-refractivity contribution >= 4 is 17.3 Å². The van der Waals surface area contributed by atoms with Gasteiger partial charge >= 0.3 is 0 Å². The SMILES string of the molecule is O=C(Nc1ccc2c(c1)OCCN2C1COC1)[C@@H]1CCN1. The van der Waals surface area contributed by atoms with Gasteiger partial charge in [-0.25, -0.2) is 0 Å². The largest absolute Gasteiger partial charge is 0.489 e. The van der Waals surface area contributed by atoms with Crippen LogP contribution in [0, 0.1) is 0 Å². The third-order valence-electron chi connectivity index (χ3n) is 4.33. The molecule has 112 valence electrons. The zero-order chi connectivity index (χ0) is 14.2. The first-order chi connectivity index (χ1) is 10.3. The van der Waals surface area contributed by atoms with Crippen molar-refractivity contribution in [1.82, 2.24) is 5.32 Å². The molecule has 1 atom stereocenters. The van der Waals surface area contributed by atoms with Crippen molar-refractivity contribution in [2.24, 2.45) is 0 Å². The second-order valence-corrected chi connectivity index (χ2v) is 5.70. The predicted octanol–water partition coefficient (Wildman–Crippen LogP) is 0.585. The van der Waals surface area contributed by atoms with Crippen molar-refractivity contribution < 1.29 is 14.3 Å². The van der Waals surface area contributed by atoms with E-state index in [0.29, 0.717) is 12.6 Å². The number of carbonyl (C=O) groups is 1. The van der Waals surface area contributed by atoms with Crippen LogP contribution in [-0.4, -0.2) is 50.9 Å². The Morgan fingerprint density at radius 3 is 2.90 bits per heavy atom. The van der Waals surface area contributed by atoms with Gasteiger partial charge in [0.15, 0.2) is 0 Å². The number of fused-ring (bicyclic) bond motifs is 1. The highest BCUT2D eigenvalue weighted by atomic mass is 16.5. The summed E-state index contributed by atoms with van der Waals surface area (Å²) in [5.41, 5.74) is 1.88. The first-order valence-corrected chi connectivity index (χ1v) is 7.47. The molecule has 0 bridgehead atoms. The molecule has 6 nitrogen and oxygen atoms in total. The molecule has 3 heterocycles. The highest BCUT2D eigenvalue weighted by Gasteiger charge is 2.30. The molecule has 0 spiro atoms. The molecule has 0 aliphatic carbocycles. The summed E-state index contributed by atoms with van der Waals surface area (Å²) in [4.78, 5) is 14.3. The Labute approximate surface area is 123 Å². The maximum atomic E-state index is 11.9. The van der Waals surface area contributed by atoms with Crippen molar-refractivity contribution in [1.29, 1.82) is 0 Å². The third-order valence-corrected chi connectivity index (χ3v) is 4.33. The van der Waals surface area contributed by atoms with E-state index < -0.39 is 0 Å². The van der Waals surface area contributed by atoms with Crippen LogP contribution in [0.1, 0.15) is 6.42 Å². The van der Waals surface area contributed by atoms with E-state index in [1.165, 1.54) is 0 Å². The molecule has 3 aliphatic rings. The van der Waals surface area contributed by atoms with Crippen molar-refractivity contribution in [3.8, 4) is 5.75 Å². The number of nitrogens with zero attached hydrogens (tertiary/aromatic N) is 1. The summed E-state index contributed by atoms with van der Waals surface area (Å²) >= 11 is 0. The summed E-state index contributed by atoms with van der Waals surface area (Å²) in [6.45, 7) is 4.05. The number of nitrogens with one attached hydrogen (secondary N) is 2. The molecule has 1 amide bonds. The van der Waals surface area contributed by atoms with Gasteiger partial charge in [0.1, 0.15) is 12.4 Å². The molecule has 2 fully saturated rings. The van der Waals surface area contributed by atoms with E-state index in [9.17, 15) is 4.79 Å². The number of anilines is 2. The Kier molecular flexibility index (Phi) is 3.20. The topological polar surface area (TPSA) is 62.8 Å². The lowest BCUT2D eigenvalue weighted by Crippen LogP contribution is -2.52. The molecule has 3 aliphatic heterocycles. The van der Waals surface area contributed by atoms with Gasteiger partial charge in [0, 0.05) is 11.8 Å². The zero-order valence-corrected chi connectivity index (χ0v) is 11.8. The van der Waals surface area contributed by atoms with Crippen LogP contribution in [0.4, 0.5) is 11.4 Å². The minimum atomic E-state index is -0.0504. The van der Waals surface area contributed by atoms with Gasteiger partial charge in [-0.15, -0.1) is 0 Å². The Bertz CT molecular complexity index is 555. The summed E-state index contributed by atoms with van der Waals surface area (Å²) in [5, 5.41) is 6.04. The number of rotatable bonds is 3. The lowest BCUT2D eigenvalue weighted by molar-refractivity contribution is -0.119. The summed E-state index contributed by atoms with van der Waals surface area (Å²) in [7, 11) is 0. The summed E-state index contributed by atoms with van der Waals surface area (Å²) in [6.07, 6.45) is 0.905. The van der Waals surface area contributed by atoms with Gasteiger partial charge in [-0.3, -0.25) is 4.79 Å². The molecular formula is C15H19N3O3. The van der Waals surface area contributed by atoms with Crippen LogP contribution in [0.5, 0.6) is 5.75 Å². The third kappa shape index (κ3) is 2.34. The van der Waals surface area contributed by atoms with Crippen molar-refractivity contribution in [2.45, 2.75) is 18.5 Å². The van der Waals surface area contributed by atoms with Gasteiger partial charge < -0.3 is 25.0 Å². The Morgan fingerprint density at radius 1 is 1.38 bits per heavy atom. The lowest BCUT2D eigenvalue weighted by Gasteiger charge is -2.41. The van der Waals surface area contributed by atoms with Crippen LogP contribution in [0.25, 0.3) is 0 Å². The molecule has 21 heavy (non-hydrogen) atoms. The molecule has 1 aromatic carbocycles. The zero-order valence-electron chi connectivity index (χ0n) is 11.8. The van der Waals surface area contributed by atoms with Gasteiger partial charge in [-0.05, 0) is 25.1 Å². The van der Waals surface area contributed by atoms with Crippen molar-refractivity contribution in [3.05, 3.63) is 18.2 Å². The van der Waals surface area contributed by atoms with E-state index in [2.05, 4.69) is 15.5 Å². The minimum Gasteiger partial charge on any atom is -0.489 e.